The third-order valence-electron chi connectivity index (χ3n) is 1.46. The molecule has 0 bridgehead atoms. The van der Waals surface area contributed by atoms with Gasteiger partial charge in [0.15, 0.2) is 0 Å². The van der Waals surface area contributed by atoms with E-state index in [9.17, 15) is 9.59 Å². The average molecular weight is 290 g/mol. The summed E-state index contributed by atoms with van der Waals surface area (Å²) >= 11 is 0. The van der Waals surface area contributed by atoms with Crippen LogP contribution in [0.2, 0.25) is 0 Å². The zero-order chi connectivity index (χ0) is 12.0. The van der Waals surface area contributed by atoms with Gasteiger partial charge < -0.3 is 20.2 Å². The van der Waals surface area contributed by atoms with Gasteiger partial charge in [0.2, 0.25) is 0 Å². The van der Waals surface area contributed by atoms with Crippen LogP contribution in [0.5, 0.6) is 0 Å². The van der Waals surface area contributed by atoms with Gasteiger partial charge in [-0.15, -0.1) is 0 Å². The Bertz CT molecular complexity index is 410. The third kappa shape index (κ3) is 5.03. The minimum Gasteiger partial charge on any atom is -0.477 e. The number of aromatic nitrogens is 4. The molecular weight excluding hydrogens is 282 g/mol. The number of carboxylic acid groups (broad SMARTS) is 2. The Morgan fingerprint density at radius 2 is 1.29 bits per heavy atom. The summed E-state index contributed by atoms with van der Waals surface area (Å²) < 4.78 is 0. The molecule has 0 fully saturated rings. The fourth-order valence-electron chi connectivity index (χ4n) is 0.746. The van der Waals surface area contributed by atoms with E-state index in [2.05, 4.69) is 19.9 Å². The molecule has 0 saturated carbocycles. The smallest absolute Gasteiger partial charge is 0.353 e. The van der Waals surface area contributed by atoms with Gasteiger partial charge >= 0.3 is 11.9 Å². The van der Waals surface area contributed by atoms with Crippen molar-refractivity contribution in [2.45, 2.75) is 0 Å². The van der Waals surface area contributed by atoms with Crippen molar-refractivity contribution in [1.29, 1.82) is 0 Å². The van der Waals surface area contributed by atoms with Crippen LogP contribution in [0.1, 0.15) is 21.0 Å². The van der Waals surface area contributed by atoms with Crippen molar-refractivity contribution in [3.63, 3.8) is 0 Å². The predicted octanol–water partition coefficient (Wildman–Crippen LogP) is 0.213. The number of aromatic carboxylic acids is 2. The van der Waals surface area contributed by atoms with Crippen molar-refractivity contribution in [2.75, 3.05) is 0 Å². The van der Waals surface area contributed by atoms with Crippen LogP contribution >= 0.6 is 0 Å². The predicted molar refractivity (Wildman–Crippen MR) is 51.1 cm³/mol. The number of hydrogen-bond donors (Lipinski definition) is 4. The molecule has 2 heterocycles. The van der Waals surface area contributed by atoms with Crippen LogP contribution in [-0.2, 0) is 19.5 Å². The molecule has 9 heteroatoms. The summed E-state index contributed by atoms with van der Waals surface area (Å²) in [5.74, 6) is -1.97. The van der Waals surface area contributed by atoms with Crippen LogP contribution in [0.3, 0.4) is 0 Å². The minimum absolute atomic E-state index is 0. The van der Waals surface area contributed by atoms with Gasteiger partial charge in [0.05, 0.1) is 25.0 Å². The zero-order valence-corrected chi connectivity index (χ0v) is 11.6. The van der Waals surface area contributed by atoms with Crippen molar-refractivity contribution >= 4 is 11.9 Å². The van der Waals surface area contributed by atoms with Crippen molar-refractivity contribution < 1.29 is 39.3 Å². The average Bonchev–Trinajstić information content (AvgIpc) is 2.93. The van der Waals surface area contributed by atoms with Gasteiger partial charge in [-0.25, -0.2) is 19.6 Å². The standard InChI is InChI=1S/2C4H4N2O2.Zn/c2*7-4(8)3-1-5-2-6-3;/h2*1-2H,(H,5,6)(H,7,8);. The summed E-state index contributed by atoms with van der Waals surface area (Å²) in [7, 11) is 0. The van der Waals surface area contributed by atoms with Crippen LogP contribution in [0.4, 0.5) is 0 Å². The number of aromatic amines is 2. The molecule has 2 rings (SSSR count). The second-order valence-electron chi connectivity index (χ2n) is 2.54. The normalized spacial score (nSPS) is 8.47. The molecule has 0 aromatic carbocycles. The summed E-state index contributed by atoms with van der Waals surface area (Å²) in [6.07, 6.45) is 5.15. The summed E-state index contributed by atoms with van der Waals surface area (Å²) in [5, 5.41) is 16.4. The van der Waals surface area contributed by atoms with E-state index in [1.54, 1.807) is 0 Å². The molecule has 0 aliphatic rings. The van der Waals surface area contributed by atoms with E-state index >= 15 is 0 Å². The molecule has 0 radical (unpaired) electrons. The quantitative estimate of drug-likeness (QED) is 0.584. The monoisotopic (exact) mass is 288 g/mol. The van der Waals surface area contributed by atoms with Gasteiger partial charge in [0, 0.05) is 19.5 Å². The molecule has 0 saturated heterocycles. The van der Waals surface area contributed by atoms with E-state index < -0.39 is 11.9 Å². The first kappa shape index (κ1) is 15.0. The molecule has 2 aromatic rings. The Hall–Kier alpha value is -2.02. The number of carbonyl (C=O) groups is 2. The Morgan fingerprint density at radius 1 is 0.941 bits per heavy atom. The minimum atomic E-state index is -0.984. The molecule has 0 aliphatic carbocycles. The van der Waals surface area contributed by atoms with Crippen molar-refractivity contribution in [3.8, 4) is 0 Å². The summed E-state index contributed by atoms with van der Waals surface area (Å²) in [4.78, 5) is 31.8. The maximum atomic E-state index is 9.99. The second kappa shape index (κ2) is 7.29. The molecule has 0 unspecified atom stereocenters. The SMILES string of the molecule is O=C(O)c1cnc[nH]1.O=C(O)c1cnc[nH]1.[Zn]. The third-order valence-corrected chi connectivity index (χ3v) is 1.46. The van der Waals surface area contributed by atoms with E-state index in [1.807, 2.05) is 0 Å². The van der Waals surface area contributed by atoms with Gasteiger partial charge in [0.1, 0.15) is 11.4 Å². The van der Waals surface area contributed by atoms with E-state index in [0.29, 0.717) is 0 Å². The first-order valence-corrected chi connectivity index (χ1v) is 4.04. The molecule has 8 nitrogen and oxygen atoms in total. The van der Waals surface area contributed by atoms with E-state index in [4.69, 9.17) is 10.2 Å². The topological polar surface area (TPSA) is 132 Å². The fraction of sp³-hybridized carbons (Fsp3) is 0. The Morgan fingerprint density at radius 3 is 1.41 bits per heavy atom. The molecule has 0 spiro atoms. The van der Waals surface area contributed by atoms with Crippen molar-refractivity contribution in [2.24, 2.45) is 0 Å². The number of imidazole rings is 2. The van der Waals surface area contributed by atoms with Gasteiger partial charge in [0.25, 0.3) is 0 Å². The number of H-pyrrole nitrogens is 2. The molecule has 0 amide bonds. The van der Waals surface area contributed by atoms with Crippen LogP contribution in [-0.4, -0.2) is 42.1 Å². The number of hydrogen-bond acceptors (Lipinski definition) is 4. The zero-order valence-electron chi connectivity index (χ0n) is 8.62. The van der Waals surface area contributed by atoms with E-state index in [0.717, 1.165) is 0 Å². The van der Waals surface area contributed by atoms with Crippen LogP contribution in [0.25, 0.3) is 0 Å². The Labute approximate surface area is 108 Å². The molecule has 86 valence electrons. The second-order valence-corrected chi connectivity index (χ2v) is 2.54. The summed E-state index contributed by atoms with van der Waals surface area (Å²) in [5.41, 5.74) is 0.231. The van der Waals surface area contributed by atoms with Gasteiger partial charge in [-0.2, -0.15) is 0 Å². The Balaban J connectivity index is 0.000000284. The fourth-order valence-corrected chi connectivity index (χ4v) is 0.746. The maximum Gasteiger partial charge on any atom is 0.353 e. The molecule has 0 aliphatic heterocycles. The summed E-state index contributed by atoms with van der Waals surface area (Å²) in [6.45, 7) is 0. The van der Waals surface area contributed by atoms with Gasteiger partial charge in [-0.1, -0.05) is 0 Å². The van der Waals surface area contributed by atoms with E-state index in [1.165, 1.54) is 25.0 Å². The molecular formula is C8H8N4O4Zn. The summed E-state index contributed by atoms with van der Waals surface area (Å²) in [6, 6.07) is 0. The number of rotatable bonds is 2. The molecule has 4 N–H and O–H groups in total. The first-order chi connectivity index (χ1) is 7.61. The number of carboxylic acids is 2. The molecule has 0 atom stereocenters. The Kier molecular flexibility index (Phi) is 6.42. The van der Waals surface area contributed by atoms with Crippen molar-refractivity contribution in [3.05, 3.63) is 36.4 Å². The van der Waals surface area contributed by atoms with E-state index in [-0.39, 0.29) is 30.9 Å². The number of nitrogens with one attached hydrogen (secondary N) is 2. The number of nitrogens with zero attached hydrogens (tertiary/aromatic N) is 2. The maximum absolute atomic E-state index is 9.99. The van der Waals surface area contributed by atoms with Gasteiger partial charge in [-0.05, 0) is 0 Å². The van der Waals surface area contributed by atoms with Crippen LogP contribution in [0.15, 0.2) is 25.0 Å². The largest absolute Gasteiger partial charge is 0.477 e. The van der Waals surface area contributed by atoms with Crippen molar-refractivity contribution in [1.82, 2.24) is 19.9 Å². The molecule has 2 aromatic heterocycles. The van der Waals surface area contributed by atoms with Crippen LogP contribution in [0, 0.1) is 0 Å². The van der Waals surface area contributed by atoms with Crippen LogP contribution < -0.4 is 0 Å². The first-order valence-electron chi connectivity index (χ1n) is 4.04. The van der Waals surface area contributed by atoms with Gasteiger partial charge in [-0.3, -0.25) is 0 Å². The molecule has 17 heavy (non-hydrogen) atoms.